The summed E-state index contributed by atoms with van der Waals surface area (Å²) in [6, 6.07) is 0. The second kappa shape index (κ2) is 6.36. The van der Waals surface area contributed by atoms with Crippen molar-refractivity contribution in [2.75, 3.05) is 13.2 Å². The molecule has 1 saturated carbocycles. The SMILES string of the molecule is CCOCC(O)CC1(C(=O)O)CCC(C)CC1. The van der Waals surface area contributed by atoms with Crippen molar-refractivity contribution < 1.29 is 19.7 Å². The third-order valence-electron chi connectivity index (χ3n) is 3.83. The molecule has 0 saturated heterocycles. The summed E-state index contributed by atoms with van der Waals surface area (Å²) in [6.07, 6.45) is 2.87. The summed E-state index contributed by atoms with van der Waals surface area (Å²) in [6.45, 7) is 4.81. The molecule has 0 bridgehead atoms. The van der Waals surface area contributed by atoms with Gasteiger partial charge in [0.25, 0.3) is 0 Å². The second-order valence-corrected chi connectivity index (χ2v) is 5.29. The van der Waals surface area contributed by atoms with Gasteiger partial charge in [0.15, 0.2) is 0 Å². The van der Waals surface area contributed by atoms with Crippen molar-refractivity contribution in [3.05, 3.63) is 0 Å². The molecule has 2 N–H and O–H groups in total. The third-order valence-corrected chi connectivity index (χ3v) is 3.83. The maximum Gasteiger partial charge on any atom is 0.309 e. The predicted molar refractivity (Wildman–Crippen MR) is 64.8 cm³/mol. The molecule has 1 fully saturated rings. The monoisotopic (exact) mass is 244 g/mol. The van der Waals surface area contributed by atoms with Gasteiger partial charge in [0.1, 0.15) is 0 Å². The smallest absolute Gasteiger partial charge is 0.309 e. The molecule has 0 spiro atoms. The van der Waals surface area contributed by atoms with Crippen molar-refractivity contribution >= 4 is 5.97 Å². The molecular weight excluding hydrogens is 220 g/mol. The molecule has 1 aliphatic carbocycles. The molecule has 0 aliphatic heterocycles. The van der Waals surface area contributed by atoms with E-state index in [-0.39, 0.29) is 6.61 Å². The highest BCUT2D eigenvalue weighted by Crippen LogP contribution is 2.42. The highest BCUT2D eigenvalue weighted by molar-refractivity contribution is 5.74. The molecule has 1 aliphatic rings. The number of hydrogen-bond donors (Lipinski definition) is 2. The van der Waals surface area contributed by atoms with E-state index >= 15 is 0 Å². The Hall–Kier alpha value is -0.610. The van der Waals surface area contributed by atoms with Crippen LogP contribution in [0, 0.1) is 11.3 Å². The molecule has 0 radical (unpaired) electrons. The molecule has 1 atom stereocenters. The van der Waals surface area contributed by atoms with Crippen molar-refractivity contribution in [1.82, 2.24) is 0 Å². The van der Waals surface area contributed by atoms with E-state index in [2.05, 4.69) is 6.92 Å². The summed E-state index contributed by atoms with van der Waals surface area (Å²) >= 11 is 0. The molecule has 4 heteroatoms. The minimum Gasteiger partial charge on any atom is -0.481 e. The lowest BCUT2D eigenvalue weighted by Gasteiger charge is -2.37. The van der Waals surface area contributed by atoms with Gasteiger partial charge in [-0.2, -0.15) is 0 Å². The average molecular weight is 244 g/mol. The van der Waals surface area contributed by atoms with Crippen LogP contribution >= 0.6 is 0 Å². The third kappa shape index (κ3) is 3.96. The molecule has 0 aromatic heterocycles. The van der Waals surface area contributed by atoms with Crippen LogP contribution in [0.25, 0.3) is 0 Å². The number of rotatable bonds is 6. The van der Waals surface area contributed by atoms with E-state index in [1.54, 1.807) is 0 Å². The largest absolute Gasteiger partial charge is 0.481 e. The number of ether oxygens (including phenoxy) is 1. The Morgan fingerprint density at radius 1 is 1.47 bits per heavy atom. The van der Waals surface area contributed by atoms with E-state index in [0.717, 1.165) is 12.8 Å². The lowest BCUT2D eigenvalue weighted by molar-refractivity contribution is -0.154. The summed E-state index contributed by atoms with van der Waals surface area (Å²) < 4.78 is 5.14. The van der Waals surface area contributed by atoms with Crippen molar-refractivity contribution in [2.45, 2.75) is 52.1 Å². The van der Waals surface area contributed by atoms with E-state index in [9.17, 15) is 15.0 Å². The lowest BCUT2D eigenvalue weighted by atomic mass is 9.68. The standard InChI is InChI=1S/C13H24O4/c1-3-17-9-11(14)8-13(12(15)16)6-4-10(2)5-7-13/h10-11,14H,3-9H2,1-2H3,(H,15,16). The maximum absolute atomic E-state index is 11.4. The fraction of sp³-hybridized carbons (Fsp3) is 0.923. The van der Waals surface area contributed by atoms with E-state index < -0.39 is 17.5 Å². The van der Waals surface area contributed by atoms with Gasteiger partial charge < -0.3 is 14.9 Å². The van der Waals surface area contributed by atoms with Crippen LogP contribution in [0.3, 0.4) is 0 Å². The molecule has 17 heavy (non-hydrogen) atoms. The molecule has 0 amide bonds. The fourth-order valence-corrected chi connectivity index (χ4v) is 2.58. The van der Waals surface area contributed by atoms with Gasteiger partial charge >= 0.3 is 5.97 Å². The highest BCUT2D eigenvalue weighted by atomic mass is 16.5. The zero-order chi connectivity index (χ0) is 12.9. The zero-order valence-electron chi connectivity index (χ0n) is 10.8. The minimum atomic E-state index is -0.764. The molecule has 1 unspecified atom stereocenters. The van der Waals surface area contributed by atoms with Crippen LogP contribution in [-0.2, 0) is 9.53 Å². The van der Waals surface area contributed by atoms with Gasteiger partial charge in [-0.3, -0.25) is 4.79 Å². The van der Waals surface area contributed by atoms with Crippen molar-refractivity contribution in [2.24, 2.45) is 11.3 Å². The average Bonchev–Trinajstić information content (AvgIpc) is 2.29. The summed E-state index contributed by atoms with van der Waals surface area (Å²) in [5.41, 5.74) is -0.733. The Balaban J connectivity index is 2.56. The Morgan fingerprint density at radius 2 is 2.06 bits per heavy atom. The Bertz CT molecular complexity index is 244. The van der Waals surface area contributed by atoms with Gasteiger partial charge in [0.2, 0.25) is 0 Å². The number of carbonyl (C=O) groups is 1. The Morgan fingerprint density at radius 3 is 2.53 bits per heavy atom. The molecule has 1 rings (SSSR count). The molecule has 0 heterocycles. The van der Waals surface area contributed by atoms with E-state index in [1.165, 1.54) is 0 Å². The van der Waals surface area contributed by atoms with Gasteiger partial charge in [-0.1, -0.05) is 6.92 Å². The lowest BCUT2D eigenvalue weighted by Crippen LogP contribution is -2.39. The van der Waals surface area contributed by atoms with Crippen molar-refractivity contribution in [3.63, 3.8) is 0 Å². The van der Waals surface area contributed by atoms with Crippen LogP contribution in [0.1, 0.15) is 46.0 Å². The van der Waals surface area contributed by atoms with Crippen LogP contribution in [0.15, 0.2) is 0 Å². The molecular formula is C13H24O4. The van der Waals surface area contributed by atoms with Gasteiger partial charge in [0, 0.05) is 6.61 Å². The minimum absolute atomic E-state index is 0.237. The van der Waals surface area contributed by atoms with Gasteiger partial charge in [-0.15, -0.1) is 0 Å². The molecule has 100 valence electrons. The number of aliphatic hydroxyl groups is 1. The number of aliphatic hydroxyl groups excluding tert-OH is 1. The van der Waals surface area contributed by atoms with E-state index in [0.29, 0.717) is 31.8 Å². The molecule has 4 nitrogen and oxygen atoms in total. The first-order valence-corrected chi connectivity index (χ1v) is 6.49. The number of carboxylic acid groups (broad SMARTS) is 1. The van der Waals surface area contributed by atoms with Crippen LogP contribution < -0.4 is 0 Å². The van der Waals surface area contributed by atoms with Gasteiger partial charge in [0.05, 0.1) is 18.1 Å². The molecule has 0 aromatic rings. The van der Waals surface area contributed by atoms with Gasteiger partial charge in [-0.05, 0) is 44.9 Å². The summed E-state index contributed by atoms with van der Waals surface area (Å²) in [5, 5.41) is 19.2. The summed E-state index contributed by atoms with van der Waals surface area (Å²) in [4.78, 5) is 11.4. The number of aliphatic carboxylic acids is 1. The normalized spacial score (nSPS) is 31.1. The quantitative estimate of drug-likeness (QED) is 0.750. The first-order chi connectivity index (χ1) is 8.00. The van der Waals surface area contributed by atoms with Crippen LogP contribution in [-0.4, -0.2) is 35.5 Å². The topological polar surface area (TPSA) is 66.8 Å². The van der Waals surface area contributed by atoms with Crippen molar-refractivity contribution in [3.8, 4) is 0 Å². The maximum atomic E-state index is 11.4. The van der Waals surface area contributed by atoms with Crippen LogP contribution in [0.2, 0.25) is 0 Å². The first kappa shape index (κ1) is 14.5. The van der Waals surface area contributed by atoms with Crippen LogP contribution in [0.5, 0.6) is 0 Å². The molecule has 0 aromatic carbocycles. The Kier molecular flexibility index (Phi) is 5.40. The summed E-state index contributed by atoms with van der Waals surface area (Å²) in [5.74, 6) is -0.161. The zero-order valence-corrected chi connectivity index (χ0v) is 10.8. The summed E-state index contributed by atoms with van der Waals surface area (Å²) in [7, 11) is 0. The number of hydrogen-bond acceptors (Lipinski definition) is 3. The Labute approximate surface area is 103 Å². The number of carboxylic acids is 1. The second-order valence-electron chi connectivity index (χ2n) is 5.29. The predicted octanol–water partition coefficient (Wildman–Crippen LogP) is 2.05. The first-order valence-electron chi connectivity index (χ1n) is 6.49. The van der Waals surface area contributed by atoms with E-state index in [1.807, 2.05) is 6.92 Å². The van der Waals surface area contributed by atoms with Gasteiger partial charge in [-0.25, -0.2) is 0 Å². The van der Waals surface area contributed by atoms with Crippen molar-refractivity contribution in [1.29, 1.82) is 0 Å². The van der Waals surface area contributed by atoms with Crippen LogP contribution in [0.4, 0.5) is 0 Å². The highest BCUT2D eigenvalue weighted by Gasteiger charge is 2.42. The van der Waals surface area contributed by atoms with E-state index in [4.69, 9.17) is 4.74 Å². The fourth-order valence-electron chi connectivity index (χ4n) is 2.58.